The van der Waals surface area contributed by atoms with E-state index in [1.54, 1.807) is 0 Å². The lowest BCUT2D eigenvalue weighted by Crippen LogP contribution is -2.60. The zero-order valence-corrected chi connectivity index (χ0v) is 25.6. The first kappa shape index (κ1) is 32.1. The van der Waals surface area contributed by atoms with Crippen molar-refractivity contribution in [1.29, 1.82) is 0 Å². The SMILES string of the molecule is COc1cc(C=O)ccc1O[Si](Oc1ccc(C=O)cc1OC)(Oc1ccc(C=O)cc1OC)Oc1ccc(C=O)cc1OC. The van der Waals surface area contributed by atoms with Crippen LogP contribution in [0.15, 0.2) is 72.8 Å². The topological polar surface area (TPSA) is 142 Å². The predicted octanol–water partition coefficient (Wildman–Crippen LogP) is 5.02. The lowest BCUT2D eigenvalue weighted by molar-refractivity contribution is 0.111. The monoisotopic (exact) mass is 632 g/mol. The number of carbonyl (C=O) groups excluding carboxylic acids is 4. The molecule has 4 aromatic carbocycles. The van der Waals surface area contributed by atoms with Crippen LogP contribution in [0.1, 0.15) is 41.4 Å². The standard InChI is InChI=1S/C32H28O12Si/c1-37-29-13-21(17-33)5-9-25(29)41-45(42-26-10-6-22(18-34)14-30(26)38-2,43-27-11-7-23(19-35)15-31(27)39-3)44-28-12-8-24(20-36)16-32(28)40-4/h5-20H,1-4H3. The van der Waals surface area contributed by atoms with Crippen LogP contribution in [-0.2, 0) is 0 Å². The average molecular weight is 633 g/mol. The van der Waals surface area contributed by atoms with Gasteiger partial charge in [0, 0.05) is 22.3 Å². The van der Waals surface area contributed by atoms with Crippen LogP contribution < -0.4 is 36.7 Å². The molecule has 4 aromatic rings. The number of benzene rings is 4. The maximum atomic E-state index is 11.5. The van der Waals surface area contributed by atoms with Gasteiger partial charge in [0.05, 0.1) is 28.4 Å². The molecule has 45 heavy (non-hydrogen) atoms. The Hall–Kier alpha value is -5.82. The summed E-state index contributed by atoms with van der Waals surface area (Å²) in [7, 11) is 0.791. The van der Waals surface area contributed by atoms with E-state index in [4.69, 9.17) is 36.7 Å². The van der Waals surface area contributed by atoms with Gasteiger partial charge in [-0.25, -0.2) is 0 Å². The minimum Gasteiger partial charge on any atom is -0.493 e. The molecule has 4 rings (SSSR count). The summed E-state index contributed by atoms with van der Waals surface area (Å²) >= 11 is 0. The summed E-state index contributed by atoms with van der Waals surface area (Å²) in [5, 5.41) is 0. The van der Waals surface area contributed by atoms with Crippen LogP contribution in [0.3, 0.4) is 0 Å². The molecular formula is C32H28O12Si. The summed E-state index contributed by atoms with van der Waals surface area (Å²) in [6.07, 6.45) is 2.55. The maximum Gasteiger partial charge on any atom is 0.967 e. The van der Waals surface area contributed by atoms with Crippen molar-refractivity contribution in [3.05, 3.63) is 95.1 Å². The highest BCUT2D eigenvalue weighted by atomic mass is 28.4. The van der Waals surface area contributed by atoms with E-state index in [-0.39, 0.29) is 46.0 Å². The second-order valence-corrected chi connectivity index (χ2v) is 10.8. The average Bonchev–Trinajstić information content (AvgIpc) is 3.08. The van der Waals surface area contributed by atoms with Gasteiger partial charge in [-0.15, -0.1) is 0 Å². The van der Waals surface area contributed by atoms with Crippen LogP contribution in [-0.4, -0.2) is 62.6 Å². The van der Waals surface area contributed by atoms with Crippen LogP contribution in [0.5, 0.6) is 46.0 Å². The van der Waals surface area contributed by atoms with Gasteiger partial charge in [-0.05, 0) is 72.8 Å². The quantitative estimate of drug-likeness (QED) is 0.121. The van der Waals surface area contributed by atoms with Crippen molar-refractivity contribution in [2.75, 3.05) is 28.4 Å². The third-order valence-corrected chi connectivity index (χ3v) is 8.11. The number of methoxy groups -OCH3 is 4. The van der Waals surface area contributed by atoms with Crippen molar-refractivity contribution in [3.63, 3.8) is 0 Å². The van der Waals surface area contributed by atoms with Crippen molar-refractivity contribution in [2.24, 2.45) is 0 Å². The molecule has 0 N–H and O–H groups in total. The number of rotatable bonds is 16. The van der Waals surface area contributed by atoms with Crippen molar-refractivity contribution in [3.8, 4) is 46.0 Å². The smallest absolute Gasteiger partial charge is 0.493 e. The molecule has 0 aromatic heterocycles. The zero-order valence-electron chi connectivity index (χ0n) is 24.6. The number of aldehydes is 4. The lowest BCUT2D eigenvalue weighted by atomic mass is 10.2. The van der Waals surface area contributed by atoms with Crippen LogP contribution in [0.2, 0.25) is 0 Å². The predicted molar refractivity (Wildman–Crippen MR) is 162 cm³/mol. The Bertz CT molecular complexity index is 1450. The Balaban J connectivity index is 1.99. The second kappa shape index (κ2) is 14.6. The summed E-state index contributed by atoms with van der Waals surface area (Å²) in [6.45, 7) is 0. The molecule has 13 heteroatoms. The summed E-state index contributed by atoms with van der Waals surface area (Å²) in [5.74, 6) is 0.805. The number of hydrogen-bond donors (Lipinski definition) is 0. The molecule has 0 heterocycles. The van der Waals surface area contributed by atoms with E-state index < -0.39 is 9.05 Å². The second-order valence-electron chi connectivity index (χ2n) is 9.02. The molecular weight excluding hydrogens is 604 g/mol. The van der Waals surface area contributed by atoms with Gasteiger partial charge in [0.2, 0.25) is 0 Å². The number of carbonyl (C=O) groups is 4. The largest absolute Gasteiger partial charge is 0.967 e. The van der Waals surface area contributed by atoms with Gasteiger partial charge >= 0.3 is 9.05 Å². The highest BCUT2D eigenvalue weighted by Gasteiger charge is 2.60. The molecule has 0 fully saturated rings. The molecule has 0 aliphatic rings. The first-order chi connectivity index (χ1) is 21.8. The molecule has 0 atom stereocenters. The van der Waals surface area contributed by atoms with E-state index in [0.29, 0.717) is 47.4 Å². The van der Waals surface area contributed by atoms with Gasteiger partial charge < -0.3 is 36.7 Å². The molecule has 0 amide bonds. The molecule has 0 unspecified atom stereocenters. The van der Waals surface area contributed by atoms with E-state index >= 15 is 0 Å². The van der Waals surface area contributed by atoms with E-state index in [0.717, 1.165) is 0 Å². The van der Waals surface area contributed by atoms with Crippen molar-refractivity contribution in [2.45, 2.75) is 0 Å². The normalized spacial score (nSPS) is 10.6. The van der Waals surface area contributed by atoms with Crippen molar-refractivity contribution in [1.82, 2.24) is 0 Å². The first-order valence-corrected chi connectivity index (χ1v) is 14.8. The van der Waals surface area contributed by atoms with Crippen molar-refractivity contribution < 1.29 is 55.8 Å². The third-order valence-electron chi connectivity index (χ3n) is 6.23. The summed E-state index contributed by atoms with van der Waals surface area (Å²) in [6, 6.07) is 17.6. The molecule has 12 nitrogen and oxygen atoms in total. The molecule has 0 spiro atoms. The molecule has 0 radical (unpaired) electrons. The van der Waals surface area contributed by atoms with E-state index in [1.165, 1.54) is 101 Å². The minimum atomic E-state index is -4.73. The van der Waals surface area contributed by atoms with Crippen LogP contribution >= 0.6 is 0 Å². The maximum absolute atomic E-state index is 11.5. The molecule has 0 saturated heterocycles. The molecule has 0 bridgehead atoms. The van der Waals surface area contributed by atoms with Gasteiger partial charge in [-0.3, -0.25) is 19.2 Å². The van der Waals surface area contributed by atoms with E-state index in [1.807, 2.05) is 0 Å². The van der Waals surface area contributed by atoms with Gasteiger partial charge in [0.1, 0.15) is 25.1 Å². The Morgan fingerprint density at radius 2 is 0.600 bits per heavy atom. The Morgan fingerprint density at radius 1 is 0.378 bits per heavy atom. The van der Waals surface area contributed by atoms with Gasteiger partial charge in [-0.1, -0.05) is 0 Å². The highest BCUT2D eigenvalue weighted by molar-refractivity contribution is 6.57. The fourth-order valence-corrected chi connectivity index (χ4v) is 6.03. The van der Waals surface area contributed by atoms with E-state index in [2.05, 4.69) is 0 Å². The fraction of sp³-hybridized carbons (Fsp3) is 0.125. The Labute approximate surface area is 259 Å². The third kappa shape index (κ3) is 7.40. The van der Waals surface area contributed by atoms with Crippen LogP contribution in [0, 0.1) is 0 Å². The van der Waals surface area contributed by atoms with E-state index in [9.17, 15) is 19.2 Å². The van der Waals surface area contributed by atoms with Gasteiger partial charge in [0.25, 0.3) is 0 Å². The minimum absolute atomic E-state index is 0.0604. The summed E-state index contributed by atoms with van der Waals surface area (Å²) < 4.78 is 47.8. The Morgan fingerprint density at radius 3 is 0.778 bits per heavy atom. The number of ether oxygens (including phenoxy) is 4. The highest BCUT2D eigenvalue weighted by Crippen LogP contribution is 2.39. The van der Waals surface area contributed by atoms with Crippen LogP contribution in [0.25, 0.3) is 0 Å². The zero-order chi connectivity index (χ0) is 32.4. The number of hydrogen-bond acceptors (Lipinski definition) is 12. The summed E-state index contributed by atoms with van der Waals surface area (Å²) in [5.41, 5.74) is 1.21. The first-order valence-electron chi connectivity index (χ1n) is 13.1. The van der Waals surface area contributed by atoms with Crippen molar-refractivity contribution >= 4 is 34.2 Å². The molecule has 0 aliphatic carbocycles. The molecule has 0 aliphatic heterocycles. The molecule has 0 saturated carbocycles. The van der Waals surface area contributed by atoms with Gasteiger partial charge in [0.15, 0.2) is 46.0 Å². The van der Waals surface area contributed by atoms with Crippen LogP contribution in [0.4, 0.5) is 0 Å². The fourth-order valence-electron chi connectivity index (χ4n) is 4.03. The lowest BCUT2D eigenvalue weighted by Gasteiger charge is -2.30. The van der Waals surface area contributed by atoms with Gasteiger partial charge in [-0.2, -0.15) is 0 Å². The summed E-state index contributed by atoms with van der Waals surface area (Å²) in [4.78, 5) is 45.9. The molecule has 232 valence electrons. The Kier molecular flexibility index (Phi) is 10.4.